The van der Waals surface area contributed by atoms with E-state index in [4.69, 9.17) is 10.6 Å². The van der Waals surface area contributed by atoms with Crippen LogP contribution in [0.3, 0.4) is 0 Å². The number of nitrogens with two attached hydrogens (primary N) is 1. The molecule has 2 saturated heterocycles. The zero-order valence-electron chi connectivity index (χ0n) is 17.6. The van der Waals surface area contributed by atoms with Gasteiger partial charge in [-0.25, -0.2) is 0 Å². The number of aromatic nitrogens is 2. The number of hydrogen-bond acceptors (Lipinski definition) is 12. The van der Waals surface area contributed by atoms with Gasteiger partial charge in [-0.05, 0) is 11.6 Å². The second kappa shape index (κ2) is 8.74. The number of oxime groups is 1. The number of amides is 2. The fraction of sp³-hybridized carbons (Fsp3) is 0.444. The quantitative estimate of drug-likeness (QED) is 0.132. The van der Waals surface area contributed by atoms with Gasteiger partial charge in [0.2, 0.25) is 11.5 Å². The number of carbonyl (C=O) groups is 3. The van der Waals surface area contributed by atoms with Crippen LogP contribution >= 0.6 is 23.3 Å². The highest BCUT2D eigenvalue weighted by Crippen LogP contribution is 2.40. The molecule has 4 rings (SSSR count). The van der Waals surface area contributed by atoms with Crippen molar-refractivity contribution < 1.29 is 34.2 Å². The minimum atomic E-state index is -1.48. The van der Waals surface area contributed by atoms with Crippen molar-refractivity contribution in [3.8, 4) is 0 Å². The lowest BCUT2D eigenvalue weighted by atomic mass is 10.0. The number of nitrogen functional groups attached to an aromatic ring is 1. The topological polar surface area (TPSA) is 183 Å². The van der Waals surface area contributed by atoms with Crippen molar-refractivity contribution in [2.75, 3.05) is 32.1 Å². The molecule has 0 radical (unpaired) electrons. The molecule has 3 aliphatic heterocycles. The number of allylic oxidation sites excluding steroid dienone is 1. The minimum Gasteiger partial charge on any atom is -0.543 e. The van der Waals surface area contributed by atoms with Crippen molar-refractivity contribution in [3.63, 3.8) is 0 Å². The Morgan fingerprint density at radius 1 is 1.45 bits per heavy atom. The normalized spacial score (nSPS) is 27.0. The van der Waals surface area contributed by atoms with Gasteiger partial charge < -0.3 is 26.2 Å². The average molecular weight is 496 g/mol. The largest absolute Gasteiger partial charge is 0.543 e. The minimum absolute atomic E-state index is 0.0718. The molecule has 1 aromatic rings. The molecule has 2 fully saturated rings. The summed E-state index contributed by atoms with van der Waals surface area (Å²) in [6.45, 7) is 0.826. The van der Waals surface area contributed by atoms with Crippen LogP contribution < -0.4 is 16.2 Å². The third-order valence-electron chi connectivity index (χ3n) is 5.33. The Hall–Kier alpha value is -3.01. The van der Waals surface area contributed by atoms with Gasteiger partial charge in [0.15, 0.2) is 5.13 Å². The molecule has 3 atom stereocenters. The lowest BCUT2D eigenvalue weighted by Crippen LogP contribution is -2.71. The molecule has 0 aliphatic carbocycles. The lowest BCUT2D eigenvalue weighted by molar-refractivity contribution is -1.06. The molecule has 2 amide bonds. The average Bonchev–Trinajstić information content (AvgIpc) is 3.34. The molecular formula is C18H21N7O6S2. The summed E-state index contributed by atoms with van der Waals surface area (Å²) < 4.78 is 4.22. The zero-order valence-corrected chi connectivity index (χ0v) is 19.3. The van der Waals surface area contributed by atoms with Gasteiger partial charge in [-0.15, -0.1) is 11.8 Å². The van der Waals surface area contributed by atoms with Crippen LogP contribution in [0.2, 0.25) is 0 Å². The van der Waals surface area contributed by atoms with Crippen molar-refractivity contribution in [1.82, 2.24) is 19.6 Å². The number of carboxylic acids is 1. The van der Waals surface area contributed by atoms with Crippen molar-refractivity contribution in [2.24, 2.45) is 5.16 Å². The summed E-state index contributed by atoms with van der Waals surface area (Å²) in [5.41, 5.74) is 5.17. The molecule has 15 heteroatoms. The molecular weight excluding hydrogens is 474 g/mol. The zero-order chi connectivity index (χ0) is 23.9. The molecule has 176 valence electrons. The van der Waals surface area contributed by atoms with E-state index < -0.39 is 34.9 Å². The number of fused-ring (bicyclic) bond motifs is 1. The third kappa shape index (κ3) is 4.44. The molecule has 4 heterocycles. The van der Waals surface area contributed by atoms with Gasteiger partial charge >= 0.3 is 0 Å². The van der Waals surface area contributed by atoms with Crippen LogP contribution in [0.25, 0.3) is 0 Å². The maximum atomic E-state index is 12.8. The van der Waals surface area contributed by atoms with Crippen LogP contribution in [0.5, 0.6) is 0 Å². The highest BCUT2D eigenvalue weighted by molar-refractivity contribution is 8.00. The fourth-order valence-corrected chi connectivity index (χ4v) is 5.51. The monoisotopic (exact) mass is 495 g/mol. The van der Waals surface area contributed by atoms with E-state index in [2.05, 4.69) is 19.8 Å². The van der Waals surface area contributed by atoms with Crippen molar-refractivity contribution >= 4 is 51.9 Å². The molecule has 0 saturated carbocycles. The maximum Gasteiger partial charge on any atom is 0.278 e. The molecule has 0 unspecified atom stereocenters. The second-order valence-corrected chi connectivity index (χ2v) is 9.90. The van der Waals surface area contributed by atoms with E-state index in [9.17, 15) is 24.7 Å². The smallest absolute Gasteiger partial charge is 0.278 e. The Labute approximate surface area is 196 Å². The van der Waals surface area contributed by atoms with Crippen molar-refractivity contribution in [3.05, 3.63) is 29.2 Å². The number of nitrogens with one attached hydrogen (secondary N) is 1. The van der Waals surface area contributed by atoms with E-state index in [1.165, 1.54) is 11.8 Å². The van der Waals surface area contributed by atoms with E-state index in [1.54, 1.807) is 12.2 Å². The van der Waals surface area contributed by atoms with Gasteiger partial charge in [0.25, 0.3) is 11.8 Å². The number of β-lactam (4-membered cyclic amide) rings is 1. The highest BCUT2D eigenvalue weighted by Gasteiger charge is 2.53. The number of quaternary nitrogens is 1. The Balaban J connectivity index is 1.48. The number of anilines is 1. The van der Waals surface area contributed by atoms with E-state index in [-0.39, 0.29) is 28.5 Å². The molecule has 13 nitrogen and oxygen atoms in total. The predicted molar refractivity (Wildman–Crippen MR) is 115 cm³/mol. The van der Waals surface area contributed by atoms with Gasteiger partial charge in [-0.1, -0.05) is 11.2 Å². The van der Waals surface area contributed by atoms with E-state index in [0.717, 1.165) is 29.4 Å². The standard InChI is InChI=1S/C18H21N7O6S2/c1-25(2)6-5-9(31-25)4-3-8-7-32-16-11(15(27)24(16)12(8)17(28)29)20-14(26)10(22-30)13-21-18(19)33-23-13/h3-4,9,11,16H,5-7H2,1-2H3,(H4-,19,20,21,23,26,28,29,30)/b4-3+/t9-,11+,16+/m0/s1. The highest BCUT2D eigenvalue weighted by atomic mass is 32.2. The second-order valence-electron chi connectivity index (χ2n) is 8.02. The van der Waals surface area contributed by atoms with Crippen LogP contribution in [0.1, 0.15) is 12.2 Å². The summed E-state index contributed by atoms with van der Waals surface area (Å²) in [4.78, 5) is 47.9. The molecule has 0 bridgehead atoms. The number of carbonyl (C=O) groups excluding carboxylic acids is 3. The number of hydroxylamine groups is 3. The van der Waals surface area contributed by atoms with Gasteiger partial charge in [0.1, 0.15) is 24.1 Å². The summed E-state index contributed by atoms with van der Waals surface area (Å²) >= 11 is 2.10. The third-order valence-corrected chi connectivity index (χ3v) is 7.18. The number of hydrogen-bond donors (Lipinski definition) is 3. The van der Waals surface area contributed by atoms with Crippen LogP contribution in [0.15, 0.2) is 28.6 Å². The molecule has 0 spiro atoms. The van der Waals surface area contributed by atoms with Crippen LogP contribution in [0.4, 0.5) is 5.13 Å². The van der Waals surface area contributed by atoms with Crippen LogP contribution in [-0.2, 0) is 19.2 Å². The van der Waals surface area contributed by atoms with Crippen molar-refractivity contribution in [1.29, 1.82) is 0 Å². The van der Waals surface area contributed by atoms with Crippen molar-refractivity contribution in [2.45, 2.75) is 23.9 Å². The summed E-state index contributed by atoms with van der Waals surface area (Å²) in [5, 5.41) is 25.8. The van der Waals surface area contributed by atoms with E-state index in [1.807, 2.05) is 14.1 Å². The Bertz CT molecular complexity index is 1100. The number of rotatable bonds is 6. The van der Waals surface area contributed by atoms with Crippen LogP contribution in [-0.4, -0.2) is 91.5 Å². The first-order valence-electron chi connectivity index (χ1n) is 9.82. The van der Waals surface area contributed by atoms with Gasteiger partial charge in [0, 0.05) is 23.7 Å². The first-order chi connectivity index (χ1) is 15.6. The molecule has 4 N–H and O–H groups in total. The summed E-state index contributed by atoms with van der Waals surface area (Å²) in [7, 11) is 3.86. The molecule has 1 aromatic heterocycles. The Kier molecular flexibility index (Phi) is 6.13. The SMILES string of the molecule is C[N+]1(C)CC[C@H](/C=C/C2=C(C(=O)[O-])N3C(=O)[C@@H](NC(=O)/C(=N\O)c4nsc(N)n4)[C@H]3SC2)O1. The number of nitrogens with zero attached hydrogens (tertiary/aromatic N) is 5. The fourth-order valence-electron chi connectivity index (χ4n) is 3.76. The summed E-state index contributed by atoms with van der Waals surface area (Å²) in [6, 6.07) is -1.02. The molecule has 33 heavy (non-hydrogen) atoms. The summed E-state index contributed by atoms with van der Waals surface area (Å²) in [5.74, 6) is -2.89. The predicted octanol–water partition coefficient (Wildman–Crippen LogP) is -1.96. The first kappa shape index (κ1) is 23.2. The van der Waals surface area contributed by atoms with E-state index in [0.29, 0.717) is 10.2 Å². The van der Waals surface area contributed by atoms with Gasteiger partial charge in [-0.3, -0.25) is 14.5 Å². The molecule has 0 aromatic carbocycles. The van der Waals surface area contributed by atoms with Crippen LogP contribution in [0, 0.1) is 0 Å². The van der Waals surface area contributed by atoms with E-state index >= 15 is 0 Å². The Morgan fingerprint density at radius 3 is 2.79 bits per heavy atom. The molecule has 3 aliphatic rings. The summed E-state index contributed by atoms with van der Waals surface area (Å²) in [6.07, 6.45) is 4.06. The van der Waals surface area contributed by atoms with Gasteiger partial charge in [0.05, 0.1) is 25.8 Å². The number of carboxylic acid groups (broad SMARTS) is 1. The number of aliphatic carboxylic acids is 1. The first-order valence-corrected chi connectivity index (χ1v) is 11.6. The maximum absolute atomic E-state index is 12.8. The number of thioether (sulfide) groups is 1. The lowest BCUT2D eigenvalue weighted by Gasteiger charge is -2.50. The Morgan fingerprint density at radius 2 is 2.21 bits per heavy atom. The van der Waals surface area contributed by atoms with Gasteiger partial charge in [-0.2, -0.15) is 18.8 Å².